The van der Waals surface area contributed by atoms with Gasteiger partial charge in [0.15, 0.2) is 6.10 Å². The quantitative estimate of drug-likeness (QED) is 0.422. The van der Waals surface area contributed by atoms with E-state index in [-0.39, 0.29) is 17.3 Å². The van der Waals surface area contributed by atoms with Gasteiger partial charge in [0.2, 0.25) is 0 Å². The predicted molar refractivity (Wildman–Crippen MR) is 141 cm³/mol. The van der Waals surface area contributed by atoms with Crippen molar-refractivity contribution in [2.24, 2.45) is 0 Å². The lowest BCUT2D eigenvalue weighted by Gasteiger charge is -2.35. The lowest BCUT2D eigenvalue weighted by atomic mass is 10.0. The Morgan fingerprint density at radius 2 is 1.64 bits per heavy atom. The molecule has 0 bridgehead atoms. The van der Waals surface area contributed by atoms with E-state index in [1.54, 1.807) is 36.4 Å². The van der Waals surface area contributed by atoms with Crippen molar-refractivity contribution in [1.82, 2.24) is 0 Å². The molecule has 1 aliphatic heterocycles. The first-order chi connectivity index (χ1) is 17.3. The highest BCUT2D eigenvalue weighted by atomic mass is 32.2. The Morgan fingerprint density at radius 3 is 2.42 bits per heavy atom. The molecule has 0 spiro atoms. The molecule has 1 heterocycles. The van der Waals surface area contributed by atoms with Gasteiger partial charge in [-0.3, -0.25) is 9.10 Å². The summed E-state index contributed by atoms with van der Waals surface area (Å²) >= 11 is 0. The van der Waals surface area contributed by atoms with Gasteiger partial charge < -0.3 is 10.1 Å². The van der Waals surface area contributed by atoms with Gasteiger partial charge in [-0.2, -0.15) is 0 Å². The van der Waals surface area contributed by atoms with Crippen LogP contribution in [0.15, 0.2) is 77.7 Å². The molecule has 7 heteroatoms. The molecule has 0 radical (unpaired) electrons. The van der Waals surface area contributed by atoms with Crippen LogP contribution in [0.1, 0.15) is 22.3 Å². The lowest BCUT2D eigenvalue weighted by Crippen LogP contribution is -2.48. The van der Waals surface area contributed by atoms with Crippen LogP contribution in [-0.4, -0.2) is 27.0 Å². The monoisotopic (exact) mass is 498 g/mol. The SMILES string of the molecule is Cc1ccc(S(=O)(=O)N2C[C@H](C(=O)Nc3ccc4c5c(cccc35)CC4)Oc3cc(C)ccc32)cc1. The average molecular weight is 499 g/mol. The number of ether oxygens (including phenoxy) is 1. The zero-order valence-corrected chi connectivity index (χ0v) is 20.9. The van der Waals surface area contributed by atoms with Crippen LogP contribution in [0.2, 0.25) is 0 Å². The number of rotatable bonds is 4. The van der Waals surface area contributed by atoms with Gasteiger partial charge in [-0.1, -0.05) is 48.0 Å². The van der Waals surface area contributed by atoms with Crippen molar-refractivity contribution in [2.75, 3.05) is 16.2 Å². The van der Waals surface area contributed by atoms with Crippen LogP contribution in [0.25, 0.3) is 10.8 Å². The molecule has 182 valence electrons. The number of fused-ring (bicyclic) bond motifs is 1. The number of hydrogen-bond acceptors (Lipinski definition) is 4. The largest absolute Gasteiger partial charge is 0.476 e. The Hall–Kier alpha value is -3.84. The van der Waals surface area contributed by atoms with Crippen molar-refractivity contribution in [3.63, 3.8) is 0 Å². The summed E-state index contributed by atoms with van der Waals surface area (Å²) in [6.45, 7) is 3.68. The molecule has 0 aromatic heterocycles. The number of carbonyl (C=O) groups excluding carboxylic acids is 1. The second-order valence-electron chi connectivity index (χ2n) is 9.53. The lowest BCUT2D eigenvalue weighted by molar-refractivity contribution is -0.122. The summed E-state index contributed by atoms with van der Waals surface area (Å²) in [5.41, 5.74) is 5.58. The zero-order valence-electron chi connectivity index (χ0n) is 20.1. The van der Waals surface area contributed by atoms with E-state index < -0.39 is 16.1 Å². The number of sulfonamides is 1. The number of benzene rings is 4. The van der Waals surface area contributed by atoms with Gasteiger partial charge >= 0.3 is 0 Å². The second-order valence-corrected chi connectivity index (χ2v) is 11.4. The van der Waals surface area contributed by atoms with E-state index in [2.05, 4.69) is 17.4 Å². The molecule has 1 N–H and O–H groups in total. The normalized spacial score (nSPS) is 16.5. The number of nitrogens with one attached hydrogen (secondary N) is 1. The fourth-order valence-electron chi connectivity index (χ4n) is 5.13. The maximum atomic E-state index is 13.7. The number of carbonyl (C=O) groups is 1. The van der Waals surface area contributed by atoms with E-state index in [1.165, 1.54) is 20.8 Å². The van der Waals surface area contributed by atoms with Crippen LogP contribution in [0, 0.1) is 13.8 Å². The van der Waals surface area contributed by atoms with E-state index >= 15 is 0 Å². The topological polar surface area (TPSA) is 75.7 Å². The number of amides is 1. The third kappa shape index (κ3) is 3.71. The Bertz CT molecular complexity index is 1620. The molecule has 0 saturated heterocycles. The standard InChI is InChI=1S/C29H26N2O4S/c1-18-6-12-22(13-7-18)36(33,34)31-17-27(35-26-16-19(2)8-15-25(26)31)29(32)30-24-14-11-21-10-9-20-4-3-5-23(24)28(20)21/h3-8,11-16,27H,9-10,17H2,1-2H3,(H,30,32)/t27-/m1/s1. The Labute approximate surface area is 210 Å². The molecule has 0 fully saturated rings. The van der Waals surface area contributed by atoms with Gasteiger partial charge in [0, 0.05) is 11.1 Å². The van der Waals surface area contributed by atoms with Gasteiger partial charge in [-0.25, -0.2) is 8.42 Å². The van der Waals surface area contributed by atoms with Crippen molar-refractivity contribution in [3.8, 4) is 5.75 Å². The number of hydrogen-bond donors (Lipinski definition) is 1. The van der Waals surface area contributed by atoms with E-state index in [1.807, 2.05) is 38.1 Å². The molecular formula is C29H26N2O4S. The third-order valence-electron chi connectivity index (χ3n) is 7.02. The van der Waals surface area contributed by atoms with Crippen molar-refractivity contribution in [1.29, 1.82) is 0 Å². The van der Waals surface area contributed by atoms with Crippen LogP contribution in [-0.2, 0) is 27.7 Å². The van der Waals surface area contributed by atoms with Gasteiger partial charge in [0.05, 0.1) is 17.1 Å². The molecule has 36 heavy (non-hydrogen) atoms. The zero-order chi connectivity index (χ0) is 25.0. The van der Waals surface area contributed by atoms with Crippen molar-refractivity contribution in [3.05, 3.63) is 95.1 Å². The molecule has 6 rings (SSSR count). The number of aryl methyl sites for hydroxylation is 4. The third-order valence-corrected chi connectivity index (χ3v) is 8.81. The summed E-state index contributed by atoms with van der Waals surface area (Å²) in [5, 5.41) is 5.21. The smallest absolute Gasteiger partial charge is 0.267 e. The van der Waals surface area contributed by atoms with E-state index in [0.29, 0.717) is 17.1 Å². The molecule has 1 aliphatic carbocycles. The summed E-state index contributed by atoms with van der Waals surface area (Å²) in [5.74, 6) is -0.0116. The molecule has 2 aliphatic rings. The van der Waals surface area contributed by atoms with E-state index in [9.17, 15) is 13.2 Å². The summed E-state index contributed by atoms with van der Waals surface area (Å²) in [7, 11) is -3.91. The fourth-order valence-corrected chi connectivity index (χ4v) is 6.61. The van der Waals surface area contributed by atoms with Crippen LogP contribution < -0.4 is 14.4 Å². The first-order valence-corrected chi connectivity index (χ1v) is 13.5. The Kier molecular flexibility index (Phi) is 5.26. The summed E-state index contributed by atoms with van der Waals surface area (Å²) in [4.78, 5) is 13.7. The highest BCUT2D eigenvalue weighted by molar-refractivity contribution is 7.92. The highest BCUT2D eigenvalue weighted by Crippen LogP contribution is 2.39. The minimum absolute atomic E-state index is 0.126. The maximum absolute atomic E-state index is 13.7. The summed E-state index contributed by atoms with van der Waals surface area (Å²) in [6.07, 6.45) is 0.984. The Balaban J connectivity index is 1.36. The van der Waals surface area contributed by atoms with Gasteiger partial charge in [0.1, 0.15) is 5.75 Å². The molecular weight excluding hydrogens is 472 g/mol. The fraction of sp³-hybridized carbons (Fsp3) is 0.207. The van der Waals surface area contributed by atoms with Crippen LogP contribution in [0.3, 0.4) is 0 Å². The molecule has 4 aromatic carbocycles. The molecule has 0 unspecified atom stereocenters. The molecule has 4 aromatic rings. The molecule has 1 amide bonds. The van der Waals surface area contributed by atoms with E-state index in [0.717, 1.165) is 29.4 Å². The van der Waals surface area contributed by atoms with E-state index in [4.69, 9.17) is 4.74 Å². The van der Waals surface area contributed by atoms with Crippen molar-refractivity contribution >= 4 is 38.1 Å². The van der Waals surface area contributed by atoms with Crippen molar-refractivity contribution in [2.45, 2.75) is 37.7 Å². The predicted octanol–water partition coefficient (Wildman–Crippen LogP) is 5.15. The average Bonchev–Trinajstić information content (AvgIpc) is 3.29. The minimum Gasteiger partial charge on any atom is -0.476 e. The number of anilines is 2. The van der Waals surface area contributed by atoms with Crippen LogP contribution >= 0.6 is 0 Å². The second kappa shape index (κ2) is 8.38. The van der Waals surface area contributed by atoms with Crippen LogP contribution in [0.4, 0.5) is 11.4 Å². The molecule has 0 saturated carbocycles. The van der Waals surface area contributed by atoms with Gasteiger partial charge in [-0.15, -0.1) is 0 Å². The molecule has 1 atom stereocenters. The van der Waals surface area contributed by atoms with Crippen LogP contribution in [0.5, 0.6) is 5.75 Å². The maximum Gasteiger partial charge on any atom is 0.267 e. The van der Waals surface area contributed by atoms with Gasteiger partial charge in [-0.05, 0) is 79.1 Å². The highest BCUT2D eigenvalue weighted by Gasteiger charge is 2.38. The number of nitrogens with zero attached hydrogens (tertiary/aromatic N) is 1. The minimum atomic E-state index is -3.91. The Morgan fingerprint density at radius 1 is 0.917 bits per heavy atom. The van der Waals surface area contributed by atoms with Crippen molar-refractivity contribution < 1.29 is 17.9 Å². The first-order valence-electron chi connectivity index (χ1n) is 12.0. The first kappa shape index (κ1) is 22.6. The van der Waals surface area contributed by atoms with Gasteiger partial charge in [0.25, 0.3) is 15.9 Å². The summed E-state index contributed by atoms with van der Waals surface area (Å²) < 4.78 is 34.7. The summed E-state index contributed by atoms with van der Waals surface area (Å²) in [6, 6.07) is 22.2. The molecule has 6 nitrogen and oxygen atoms in total.